The fraction of sp³-hybridized carbons (Fsp3) is 0.952. The van der Waals surface area contributed by atoms with Crippen LogP contribution in [-0.2, 0) is 13.9 Å². The second-order valence-corrected chi connectivity index (χ2v) is 15.4. The van der Waals surface area contributed by atoms with Crippen molar-refractivity contribution in [3.63, 3.8) is 0 Å². The highest BCUT2D eigenvalue weighted by Gasteiger charge is 2.38. The van der Waals surface area contributed by atoms with Crippen molar-refractivity contribution in [2.75, 3.05) is 13.2 Å². The van der Waals surface area contributed by atoms with Crippen LogP contribution in [0.15, 0.2) is 0 Å². The molecule has 0 aromatic carbocycles. The van der Waals surface area contributed by atoms with Crippen molar-refractivity contribution in [1.82, 2.24) is 5.32 Å². The van der Waals surface area contributed by atoms with Gasteiger partial charge in [0.05, 0.1) is 25.4 Å². The number of hydrogen-bond donors (Lipinski definition) is 1. The Bertz CT molecular complexity index is 460. The van der Waals surface area contributed by atoms with Crippen molar-refractivity contribution in [2.45, 2.75) is 110 Å². The van der Waals surface area contributed by atoms with Gasteiger partial charge in [-0.15, -0.1) is 0 Å². The Morgan fingerprint density at radius 2 is 1.59 bits per heavy atom. The largest absolute Gasteiger partial charge is 0.444 e. The molecule has 27 heavy (non-hydrogen) atoms. The summed E-state index contributed by atoms with van der Waals surface area (Å²) in [5.74, 6) is 0.794. The van der Waals surface area contributed by atoms with Crippen LogP contribution < -0.4 is 5.32 Å². The Balaban J connectivity index is 2.63. The molecule has 0 unspecified atom stereocenters. The first-order valence-electron chi connectivity index (χ1n) is 10.4. The van der Waals surface area contributed by atoms with E-state index in [9.17, 15) is 4.79 Å². The molecule has 1 atom stereocenters. The van der Waals surface area contributed by atoms with Gasteiger partial charge in [0.25, 0.3) is 0 Å². The molecule has 0 aromatic rings. The number of carbonyl (C=O) groups is 1. The lowest BCUT2D eigenvalue weighted by Crippen LogP contribution is -2.49. The number of alkyl carbamates (subject to hydrolysis) is 1. The zero-order valence-corrected chi connectivity index (χ0v) is 20.1. The molecule has 160 valence electrons. The van der Waals surface area contributed by atoms with E-state index < -0.39 is 20.0 Å². The van der Waals surface area contributed by atoms with Crippen LogP contribution >= 0.6 is 0 Å². The average molecular weight is 402 g/mol. The van der Waals surface area contributed by atoms with Gasteiger partial charge in [0, 0.05) is 0 Å². The normalized spacial score (nSPS) is 23.0. The molecule has 1 saturated carbocycles. The Morgan fingerprint density at radius 3 is 2.07 bits per heavy atom. The molecule has 1 N–H and O–H groups in total. The number of rotatable bonds is 7. The second-order valence-electron chi connectivity index (χ2n) is 10.6. The van der Waals surface area contributed by atoms with Crippen LogP contribution in [0.3, 0.4) is 0 Å². The fourth-order valence-electron chi connectivity index (χ4n) is 2.78. The van der Waals surface area contributed by atoms with E-state index in [0.717, 1.165) is 18.8 Å². The lowest BCUT2D eigenvalue weighted by Gasteiger charge is -2.37. The number of nitrogens with one attached hydrogen (secondary N) is 1. The predicted molar refractivity (Wildman–Crippen MR) is 114 cm³/mol. The molecular weight excluding hydrogens is 358 g/mol. The molecular formula is C21H43NO4Si. The maximum atomic E-state index is 12.3. The highest BCUT2D eigenvalue weighted by atomic mass is 28.4. The smallest absolute Gasteiger partial charge is 0.408 e. The van der Waals surface area contributed by atoms with Gasteiger partial charge in [0.15, 0.2) is 8.32 Å². The summed E-state index contributed by atoms with van der Waals surface area (Å²) in [7, 11) is -1.89. The third kappa shape index (κ3) is 9.44. The minimum Gasteiger partial charge on any atom is -0.444 e. The van der Waals surface area contributed by atoms with Crippen LogP contribution in [-0.4, -0.2) is 45.4 Å². The van der Waals surface area contributed by atoms with Gasteiger partial charge in [-0.2, -0.15) is 0 Å². The molecule has 1 aliphatic rings. The summed E-state index contributed by atoms with van der Waals surface area (Å²) in [4.78, 5) is 12.3. The molecule has 1 amide bonds. The van der Waals surface area contributed by atoms with Crippen LogP contribution in [0, 0.1) is 5.92 Å². The maximum absolute atomic E-state index is 12.3. The van der Waals surface area contributed by atoms with Crippen LogP contribution in [0.2, 0.25) is 18.1 Å². The molecule has 0 bridgehead atoms. The number of ether oxygens (including phenoxy) is 2. The molecule has 0 aliphatic heterocycles. The van der Waals surface area contributed by atoms with E-state index in [1.807, 2.05) is 20.8 Å². The van der Waals surface area contributed by atoms with Gasteiger partial charge < -0.3 is 19.2 Å². The predicted octanol–water partition coefficient (Wildman–Crippen LogP) is 5.50. The summed E-state index contributed by atoms with van der Waals surface area (Å²) in [5.41, 5.74) is -0.519. The fourth-order valence-corrected chi connectivity index (χ4v) is 3.83. The SMILES string of the molecule is CC(C)(C)OC(=O)N[C@@H](CO[Si](C)(C)C(C)(C)C)CO[C@H]1CC[C@H](C)CC1. The lowest BCUT2D eigenvalue weighted by atomic mass is 9.89. The van der Waals surface area contributed by atoms with Gasteiger partial charge in [-0.1, -0.05) is 27.7 Å². The quantitative estimate of drug-likeness (QED) is 0.573. The Hall–Kier alpha value is -0.593. The summed E-state index contributed by atoms with van der Waals surface area (Å²) in [5, 5.41) is 3.09. The molecule has 0 radical (unpaired) electrons. The first kappa shape index (κ1) is 24.4. The summed E-state index contributed by atoms with van der Waals surface area (Å²) in [6.07, 6.45) is 4.52. The van der Waals surface area contributed by atoms with Gasteiger partial charge >= 0.3 is 6.09 Å². The van der Waals surface area contributed by atoms with E-state index in [4.69, 9.17) is 13.9 Å². The van der Waals surface area contributed by atoms with E-state index in [0.29, 0.717) is 13.2 Å². The van der Waals surface area contributed by atoms with Crippen molar-refractivity contribution < 1.29 is 18.7 Å². The summed E-state index contributed by atoms with van der Waals surface area (Å²) >= 11 is 0. The molecule has 6 heteroatoms. The number of carbonyl (C=O) groups excluding carboxylic acids is 1. The first-order chi connectivity index (χ1) is 12.2. The van der Waals surface area contributed by atoms with Crippen molar-refractivity contribution in [3.8, 4) is 0 Å². The van der Waals surface area contributed by atoms with Gasteiger partial charge in [0.1, 0.15) is 5.60 Å². The van der Waals surface area contributed by atoms with E-state index >= 15 is 0 Å². The maximum Gasteiger partial charge on any atom is 0.408 e. The summed E-state index contributed by atoms with van der Waals surface area (Å²) in [6, 6.07) is -0.201. The Morgan fingerprint density at radius 1 is 1.04 bits per heavy atom. The third-order valence-electron chi connectivity index (χ3n) is 5.67. The second kappa shape index (κ2) is 9.75. The topological polar surface area (TPSA) is 56.8 Å². The lowest BCUT2D eigenvalue weighted by molar-refractivity contribution is -0.00328. The Labute approximate surface area is 168 Å². The average Bonchev–Trinajstić information content (AvgIpc) is 2.48. The summed E-state index contributed by atoms with van der Waals surface area (Å²) < 4.78 is 17.9. The van der Waals surface area contributed by atoms with Gasteiger partial charge in [-0.05, 0) is 70.5 Å². The highest BCUT2D eigenvalue weighted by Crippen LogP contribution is 2.36. The van der Waals surface area contributed by atoms with Crippen molar-refractivity contribution in [2.24, 2.45) is 5.92 Å². The molecule has 5 nitrogen and oxygen atoms in total. The zero-order valence-electron chi connectivity index (χ0n) is 19.1. The van der Waals surface area contributed by atoms with Crippen molar-refractivity contribution >= 4 is 14.4 Å². The van der Waals surface area contributed by atoms with Gasteiger partial charge in [0.2, 0.25) is 0 Å². The van der Waals surface area contributed by atoms with Crippen molar-refractivity contribution in [1.29, 1.82) is 0 Å². The standard InChI is InChI=1S/C21H43NO4Si/c1-16-10-12-18(13-11-16)24-14-17(22-19(23)26-20(2,3)4)15-25-27(8,9)21(5,6)7/h16-18H,10-15H2,1-9H3,(H,22,23)/t16-,17-,18-/m1/s1. The van der Waals surface area contributed by atoms with Crippen LogP contribution in [0.5, 0.6) is 0 Å². The van der Waals surface area contributed by atoms with Crippen molar-refractivity contribution in [3.05, 3.63) is 0 Å². The van der Waals surface area contributed by atoms with Crippen LogP contribution in [0.25, 0.3) is 0 Å². The first-order valence-corrected chi connectivity index (χ1v) is 13.4. The van der Waals surface area contributed by atoms with Crippen LogP contribution in [0.4, 0.5) is 4.79 Å². The third-order valence-corrected chi connectivity index (χ3v) is 10.2. The number of amides is 1. The minimum atomic E-state index is -1.89. The number of hydrogen-bond acceptors (Lipinski definition) is 4. The molecule has 1 rings (SSSR count). The molecule has 0 spiro atoms. The highest BCUT2D eigenvalue weighted by molar-refractivity contribution is 6.74. The monoisotopic (exact) mass is 401 g/mol. The van der Waals surface area contributed by atoms with E-state index in [-0.39, 0.29) is 17.2 Å². The molecule has 0 aromatic heterocycles. The molecule has 1 fully saturated rings. The van der Waals surface area contributed by atoms with Gasteiger partial charge in [-0.3, -0.25) is 0 Å². The van der Waals surface area contributed by atoms with E-state index in [1.165, 1.54) is 12.8 Å². The molecule has 1 aliphatic carbocycles. The van der Waals surface area contributed by atoms with Crippen LogP contribution in [0.1, 0.15) is 74.1 Å². The minimum absolute atomic E-state index is 0.129. The molecule has 0 heterocycles. The van der Waals surface area contributed by atoms with Gasteiger partial charge in [-0.25, -0.2) is 4.79 Å². The summed E-state index contributed by atoms with van der Waals surface area (Å²) in [6.45, 7) is 19.9. The van der Waals surface area contributed by atoms with E-state index in [2.05, 4.69) is 46.1 Å². The Kier molecular flexibility index (Phi) is 8.82. The zero-order chi connectivity index (χ0) is 20.9. The molecule has 0 saturated heterocycles. The van der Waals surface area contributed by atoms with E-state index in [1.54, 1.807) is 0 Å².